The average molecular weight is 341 g/mol. The van der Waals surface area contributed by atoms with Gasteiger partial charge in [0.1, 0.15) is 10.6 Å². The van der Waals surface area contributed by atoms with E-state index in [1.807, 2.05) is 0 Å². The zero-order valence-corrected chi connectivity index (χ0v) is 10.9. The van der Waals surface area contributed by atoms with Gasteiger partial charge in [-0.15, -0.1) is 13.2 Å². The maximum atomic E-state index is 12.6. The van der Waals surface area contributed by atoms with Crippen LogP contribution in [0.2, 0.25) is 0 Å². The molecule has 0 saturated heterocycles. The van der Waals surface area contributed by atoms with E-state index in [2.05, 4.69) is 9.72 Å². The first-order valence-electron chi connectivity index (χ1n) is 4.67. The molecule has 12 heteroatoms. The highest BCUT2D eigenvalue weighted by Gasteiger charge is 2.38. The van der Waals surface area contributed by atoms with E-state index < -0.39 is 50.3 Å². The molecular formula is C8H6ClF5N2O3S. The lowest BCUT2D eigenvalue weighted by atomic mass is 10.2. The monoisotopic (exact) mass is 340 g/mol. The first kappa shape index (κ1) is 16.9. The number of nitrogens with two attached hydrogens (primary N) is 1. The molecule has 1 heterocycles. The SMILES string of the molecule is NCc1cnc(C(F)F)c(OC(F)(F)F)c1S(=O)(=O)Cl. The second-order valence-corrected chi connectivity index (χ2v) is 5.82. The Labute approximate surface area is 113 Å². The lowest BCUT2D eigenvalue weighted by Gasteiger charge is -2.16. The van der Waals surface area contributed by atoms with E-state index in [4.69, 9.17) is 16.4 Å². The van der Waals surface area contributed by atoms with E-state index in [-0.39, 0.29) is 0 Å². The number of aromatic nitrogens is 1. The molecule has 0 aromatic carbocycles. The largest absolute Gasteiger partial charge is 0.573 e. The zero-order valence-electron chi connectivity index (χ0n) is 9.29. The molecule has 0 atom stereocenters. The quantitative estimate of drug-likeness (QED) is 0.672. The normalized spacial score (nSPS) is 12.8. The number of rotatable bonds is 4. The number of alkyl halides is 5. The fraction of sp³-hybridized carbons (Fsp3) is 0.375. The van der Waals surface area contributed by atoms with Crippen molar-refractivity contribution in [3.05, 3.63) is 17.5 Å². The van der Waals surface area contributed by atoms with Crippen molar-refractivity contribution >= 4 is 19.7 Å². The minimum absolute atomic E-state index is 0.483. The molecule has 0 aliphatic rings. The Morgan fingerprint density at radius 2 is 1.95 bits per heavy atom. The van der Waals surface area contributed by atoms with Crippen LogP contribution in [0.25, 0.3) is 0 Å². The Morgan fingerprint density at radius 3 is 2.30 bits per heavy atom. The predicted molar refractivity (Wildman–Crippen MR) is 56.8 cm³/mol. The smallest absolute Gasteiger partial charge is 0.402 e. The van der Waals surface area contributed by atoms with Crippen molar-refractivity contribution in [2.75, 3.05) is 0 Å². The molecule has 0 aliphatic heterocycles. The van der Waals surface area contributed by atoms with Gasteiger partial charge in [0.15, 0.2) is 5.75 Å². The third-order valence-electron chi connectivity index (χ3n) is 1.98. The van der Waals surface area contributed by atoms with Gasteiger partial charge in [0.25, 0.3) is 15.5 Å². The van der Waals surface area contributed by atoms with E-state index >= 15 is 0 Å². The summed E-state index contributed by atoms with van der Waals surface area (Å²) in [5, 5.41) is 0. The Kier molecular flexibility index (Phi) is 4.77. The number of hydrogen-bond acceptors (Lipinski definition) is 5. The summed E-state index contributed by atoms with van der Waals surface area (Å²) in [6, 6.07) is 0. The fourth-order valence-electron chi connectivity index (χ4n) is 1.31. The molecule has 1 aromatic heterocycles. The van der Waals surface area contributed by atoms with Gasteiger partial charge in [0.05, 0.1) is 0 Å². The van der Waals surface area contributed by atoms with Gasteiger partial charge in [0.2, 0.25) is 0 Å². The molecular weight excluding hydrogens is 335 g/mol. The minimum Gasteiger partial charge on any atom is -0.402 e. The van der Waals surface area contributed by atoms with E-state index in [0.29, 0.717) is 6.20 Å². The molecule has 0 spiro atoms. The first-order chi connectivity index (χ1) is 8.97. The van der Waals surface area contributed by atoms with Crippen molar-refractivity contribution in [3.8, 4) is 5.75 Å². The summed E-state index contributed by atoms with van der Waals surface area (Å²) in [6.07, 6.45) is -8.31. The Morgan fingerprint density at radius 1 is 1.40 bits per heavy atom. The van der Waals surface area contributed by atoms with Crippen LogP contribution in [-0.2, 0) is 15.6 Å². The molecule has 2 N–H and O–H groups in total. The lowest BCUT2D eigenvalue weighted by Crippen LogP contribution is -2.21. The zero-order chi connectivity index (χ0) is 15.7. The Balaban J connectivity index is 3.70. The van der Waals surface area contributed by atoms with Gasteiger partial charge in [-0.25, -0.2) is 17.2 Å². The van der Waals surface area contributed by atoms with Crippen LogP contribution in [0.1, 0.15) is 17.7 Å². The molecule has 0 unspecified atom stereocenters. The van der Waals surface area contributed by atoms with Crippen molar-refractivity contribution in [1.82, 2.24) is 4.98 Å². The molecule has 0 fully saturated rings. The van der Waals surface area contributed by atoms with Crippen LogP contribution in [0.15, 0.2) is 11.1 Å². The van der Waals surface area contributed by atoms with Crippen LogP contribution in [-0.4, -0.2) is 19.8 Å². The predicted octanol–water partition coefficient (Wildman–Crippen LogP) is 2.30. The van der Waals surface area contributed by atoms with Crippen molar-refractivity contribution in [2.24, 2.45) is 5.73 Å². The maximum absolute atomic E-state index is 12.6. The third-order valence-corrected chi connectivity index (χ3v) is 3.38. The van der Waals surface area contributed by atoms with Crippen molar-refractivity contribution < 1.29 is 35.1 Å². The Hall–Kier alpha value is -1.20. The number of pyridine rings is 1. The van der Waals surface area contributed by atoms with Crippen LogP contribution in [0.4, 0.5) is 22.0 Å². The summed E-state index contributed by atoms with van der Waals surface area (Å²) >= 11 is 0. The maximum Gasteiger partial charge on any atom is 0.573 e. The van der Waals surface area contributed by atoms with Gasteiger partial charge in [-0.3, -0.25) is 4.98 Å². The van der Waals surface area contributed by atoms with Gasteiger partial charge in [0, 0.05) is 29.0 Å². The number of hydrogen-bond donors (Lipinski definition) is 1. The van der Waals surface area contributed by atoms with Crippen molar-refractivity contribution in [3.63, 3.8) is 0 Å². The second-order valence-electron chi connectivity index (χ2n) is 3.32. The molecule has 0 bridgehead atoms. The lowest BCUT2D eigenvalue weighted by molar-refractivity contribution is -0.276. The number of halogens is 6. The van der Waals surface area contributed by atoms with Gasteiger partial charge in [-0.1, -0.05) is 0 Å². The summed E-state index contributed by atoms with van der Waals surface area (Å²) in [5.74, 6) is -1.68. The molecule has 1 aromatic rings. The number of nitrogens with zero attached hydrogens (tertiary/aromatic N) is 1. The summed E-state index contributed by atoms with van der Waals surface area (Å²) in [6.45, 7) is -0.591. The topological polar surface area (TPSA) is 82.3 Å². The third kappa shape index (κ3) is 3.90. The molecule has 0 aliphatic carbocycles. The van der Waals surface area contributed by atoms with Gasteiger partial charge < -0.3 is 10.5 Å². The summed E-state index contributed by atoms with van der Waals surface area (Å²) in [7, 11) is 0.139. The standard InChI is InChI=1S/C8H6ClF5N2O3S/c9-20(17,18)6-3(1-15)2-16-4(7(10)11)5(6)19-8(12,13)14/h2,7H,1,15H2. The van der Waals surface area contributed by atoms with Crippen LogP contribution in [0.5, 0.6) is 5.75 Å². The highest BCUT2D eigenvalue weighted by molar-refractivity contribution is 8.13. The number of ether oxygens (including phenoxy) is 1. The van der Waals surface area contributed by atoms with Crippen molar-refractivity contribution in [2.45, 2.75) is 24.2 Å². The van der Waals surface area contributed by atoms with E-state index in [1.165, 1.54) is 0 Å². The van der Waals surface area contributed by atoms with Gasteiger partial charge in [-0.05, 0) is 0 Å². The highest BCUT2D eigenvalue weighted by Crippen LogP contribution is 2.39. The summed E-state index contributed by atoms with van der Waals surface area (Å²) < 4.78 is 87.8. The highest BCUT2D eigenvalue weighted by atomic mass is 35.7. The molecule has 0 saturated carbocycles. The van der Waals surface area contributed by atoms with Gasteiger partial charge in [-0.2, -0.15) is 0 Å². The Bertz CT molecular complexity index is 605. The fourth-order valence-corrected chi connectivity index (χ4v) is 2.63. The summed E-state index contributed by atoms with van der Waals surface area (Å²) in [4.78, 5) is 1.76. The molecule has 0 amide bonds. The van der Waals surface area contributed by atoms with Gasteiger partial charge >= 0.3 is 6.36 Å². The van der Waals surface area contributed by atoms with Crippen LogP contribution in [0.3, 0.4) is 0 Å². The van der Waals surface area contributed by atoms with E-state index in [9.17, 15) is 30.4 Å². The molecule has 1 rings (SSSR count). The van der Waals surface area contributed by atoms with Crippen LogP contribution >= 0.6 is 10.7 Å². The molecule has 20 heavy (non-hydrogen) atoms. The molecule has 114 valence electrons. The summed E-state index contributed by atoms with van der Waals surface area (Å²) in [5.41, 5.74) is 3.13. The van der Waals surface area contributed by atoms with Crippen LogP contribution in [0, 0.1) is 0 Å². The molecule has 5 nitrogen and oxygen atoms in total. The van der Waals surface area contributed by atoms with Crippen LogP contribution < -0.4 is 10.5 Å². The first-order valence-corrected chi connectivity index (χ1v) is 6.98. The average Bonchev–Trinajstić information content (AvgIpc) is 2.23. The molecule has 0 radical (unpaired) electrons. The minimum atomic E-state index is -5.41. The second kappa shape index (κ2) is 5.66. The van der Waals surface area contributed by atoms with Crippen molar-refractivity contribution in [1.29, 1.82) is 0 Å². The van der Waals surface area contributed by atoms with E-state index in [0.717, 1.165) is 0 Å². The van der Waals surface area contributed by atoms with E-state index in [1.54, 1.807) is 0 Å².